The zero-order chi connectivity index (χ0) is 16.9. The Kier molecular flexibility index (Phi) is 4.79. The summed E-state index contributed by atoms with van der Waals surface area (Å²) in [5.41, 5.74) is 0.796. The molecule has 1 aliphatic rings. The molecule has 2 amide bonds. The van der Waals surface area contributed by atoms with Gasteiger partial charge in [0.1, 0.15) is 5.76 Å². The van der Waals surface area contributed by atoms with Crippen molar-refractivity contribution in [2.75, 3.05) is 13.7 Å². The second-order valence-electron chi connectivity index (χ2n) is 5.64. The molecule has 1 fully saturated rings. The van der Waals surface area contributed by atoms with E-state index in [1.165, 1.54) is 7.11 Å². The fourth-order valence-electron chi connectivity index (χ4n) is 2.76. The van der Waals surface area contributed by atoms with Crippen LogP contribution in [-0.2, 0) is 22.7 Å². The van der Waals surface area contributed by atoms with Gasteiger partial charge in [-0.1, -0.05) is 6.07 Å². The first-order valence-corrected chi connectivity index (χ1v) is 7.73. The maximum absolute atomic E-state index is 12.3. The summed E-state index contributed by atoms with van der Waals surface area (Å²) >= 11 is 0. The number of hydrogen-bond donors (Lipinski definition) is 1. The van der Waals surface area contributed by atoms with Crippen LogP contribution < -0.4 is 10.1 Å². The summed E-state index contributed by atoms with van der Waals surface area (Å²) in [6.07, 6.45) is 3.42. The van der Waals surface area contributed by atoms with E-state index in [2.05, 4.69) is 10.3 Å². The van der Waals surface area contributed by atoms with Crippen LogP contribution in [0.3, 0.4) is 0 Å². The van der Waals surface area contributed by atoms with Crippen molar-refractivity contribution in [3.8, 4) is 5.88 Å². The molecular formula is C17H19N3O4. The molecule has 1 saturated heterocycles. The molecule has 24 heavy (non-hydrogen) atoms. The van der Waals surface area contributed by atoms with Gasteiger partial charge in [0.15, 0.2) is 0 Å². The molecule has 7 nitrogen and oxygen atoms in total. The number of carbonyl (C=O) groups is 2. The van der Waals surface area contributed by atoms with Gasteiger partial charge < -0.3 is 19.4 Å². The van der Waals surface area contributed by atoms with E-state index in [1.54, 1.807) is 29.5 Å². The SMILES string of the molecule is COc1ncccc1CNC(=O)C1CC(=O)N(Cc2ccco2)C1. The maximum atomic E-state index is 12.3. The highest BCUT2D eigenvalue weighted by Gasteiger charge is 2.34. The van der Waals surface area contributed by atoms with E-state index in [0.717, 1.165) is 5.56 Å². The Bertz CT molecular complexity index is 714. The number of carbonyl (C=O) groups excluding carboxylic acids is 2. The smallest absolute Gasteiger partial charge is 0.225 e. The molecule has 0 aromatic carbocycles. The summed E-state index contributed by atoms with van der Waals surface area (Å²) in [5, 5.41) is 2.85. The van der Waals surface area contributed by atoms with Crippen LogP contribution in [0.5, 0.6) is 5.88 Å². The fraction of sp³-hybridized carbons (Fsp3) is 0.353. The lowest BCUT2D eigenvalue weighted by molar-refractivity contribution is -0.129. The lowest BCUT2D eigenvalue weighted by Crippen LogP contribution is -2.32. The third-order valence-corrected chi connectivity index (χ3v) is 4.01. The lowest BCUT2D eigenvalue weighted by Gasteiger charge is -2.15. The van der Waals surface area contributed by atoms with E-state index in [9.17, 15) is 9.59 Å². The lowest BCUT2D eigenvalue weighted by atomic mass is 10.1. The van der Waals surface area contributed by atoms with Crippen LogP contribution in [0.4, 0.5) is 0 Å². The highest BCUT2D eigenvalue weighted by atomic mass is 16.5. The van der Waals surface area contributed by atoms with Gasteiger partial charge in [0.25, 0.3) is 0 Å². The number of furan rings is 1. The predicted molar refractivity (Wildman–Crippen MR) is 84.9 cm³/mol. The minimum Gasteiger partial charge on any atom is -0.481 e. The summed E-state index contributed by atoms with van der Waals surface area (Å²) in [4.78, 5) is 30.1. The topological polar surface area (TPSA) is 84.7 Å². The van der Waals surface area contributed by atoms with E-state index < -0.39 is 0 Å². The summed E-state index contributed by atoms with van der Waals surface area (Å²) in [6, 6.07) is 7.22. The second kappa shape index (κ2) is 7.16. The number of rotatable bonds is 6. The molecule has 1 aliphatic heterocycles. The van der Waals surface area contributed by atoms with Crippen molar-refractivity contribution in [1.29, 1.82) is 0 Å². The molecule has 1 unspecified atom stereocenters. The first-order valence-electron chi connectivity index (χ1n) is 7.73. The van der Waals surface area contributed by atoms with Gasteiger partial charge in [-0.2, -0.15) is 0 Å². The quantitative estimate of drug-likeness (QED) is 0.865. The molecule has 0 bridgehead atoms. The largest absolute Gasteiger partial charge is 0.481 e. The molecule has 1 N–H and O–H groups in total. The average molecular weight is 329 g/mol. The van der Waals surface area contributed by atoms with Crippen LogP contribution in [0.1, 0.15) is 17.7 Å². The Morgan fingerprint density at radius 1 is 1.46 bits per heavy atom. The van der Waals surface area contributed by atoms with Gasteiger partial charge in [0, 0.05) is 31.3 Å². The van der Waals surface area contributed by atoms with E-state index in [0.29, 0.717) is 31.3 Å². The van der Waals surface area contributed by atoms with Crippen molar-refractivity contribution in [2.24, 2.45) is 5.92 Å². The van der Waals surface area contributed by atoms with E-state index >= 15 is 0 Å². The molecule has 0 spiro atoms. The number of likely N-dealkylation sites (tertiary alicyclic amines) is 1. The zero-order valence-electron chi connectivity index (χ0n) is 13.4. The minimum atomic E-state index is -0.352. The Hall–Kier alpha value is -2.83. The molecular weight excluding hydrogens is 310 g/mol. The number of amides is 2. The Balaban J connectivity index is 1.55. The number of nitrogens with one attached hydrogen (secondary N) is 1. The third-order valence-electron chi connectivity index (χ3n) is 4.01. The number of methoxy groups -OCH3 is 1. The van der Waals surface area contributed by atoms with Crippen molar-refractivity contribution < 1.29 is 18.7 Å². The molecule has 126 valence electrons. The van der Waals surface area contributed by atoms with Crippen LogP contribution in [0.25, 0.3) is 0 Å². The van der Waals surface area contributed by atoms with E-state index in [1.807, 2.05) is 12.1 Å². The summed E-state index contributed by atoms with van der Waals surface area (Å²) in [7, 11) is 1.54. The van der Waals surface area contributed by atoms with Crippen LogP contribution in [0.2, 0.25) is 0 Å². The van der Waals surface area contributed by atoms with Crippen LogP contribution >= 0.6 is 0 Å². The Morgan fingerprint density at radius 2 is 2.33 bits per heavy atom. The Labute approximate surface area is 139 Å². The zero-order valence-corrected chi connectivity index (χ0v) is 13.4. The molecule has 2 aromatic rings. The van der Waals surface area contributed by atoms with Crippen LogP contribution in [0.15, 0.2) is 41.1 Å². The van der Waals surface area contributed by atoms with E-state index in [-0.39, 0.29) is 24.2 Å². The first-order chi connectivity index (χ1) is 11.7. The molecule has 1 atom stereocenters. The van der Waals surface area contributed by atoms with Crippen molar-refractivity contribution in [1.82, 2.24) is 15.2 Å². The molecule has 3 heterocycles. The average Bonchev–Trinajstić information content (AvgIpc) is 3.23. The van der Waals surface area contributed by atoms with Crippen molar-refractivity contribution in [3.05, 3.63) is 48.0 Å². The Morgan fingerprint density at radius 3 is 3.08 bits per heavy atom. The summed E-state index contributed by atoms with van der Waals surface area (Å²) in [5.74, 6) is 0.668. The summed E-state index contributed by atoms with van der Waals surface area (Å²) in [6.45, 7) is 1.11. The highest BCUT2D eigenvalue weighted by molar-refractivity contribution is 5.89. The molecule has 0 saturated carbocycles. The van der Waals surface area contributed by atoms with Gasteiger partial charge in [-0.3, -0.25) is 9.59 Å². The van der Waals surface area contributed by atoms with E-state index in [4.69, 9.17) is 9.15 Å². The molecule has 2 aromatic heterocycles. The molecule has 0 aliphatic carbocycles. The van der Waals surface area contributed by atoms with Crippen LogP contribution in [0, 0.1) is 5.92 Å². The first kappa shape index (κ1) is 16.0. The number of aromatic nitrogens is 1. The predicted octanol–water partition coefficient (Wildman–Crippen LogP) is 1.35. The van der Waals surface area contributed by atoms with Crippen molar-refractivity contribution in [2.45, 2.75) is 19.5 Å². The number of pyridine rings is 1. The van der Waals surface area contributed by atoms with Gasteiger partial charge >= 0.3 is 0 Å². The van der Waals surface area contributed by atoms with Gasteiger partial charge in [-0.05, 0) is 18.2 Å². The van der Waals surface area contributed by atoms with Crippen molar-refractivity contribution >= 4 is 11.8 Å². The monoisotopic (exact) mass is 329 g/mol. The third kappa shape index (κ3) is 3.56. The van der Waals surface area contributed by atoms with Crippen LogP contribution in [-0.4, -0.2) is 35.4 Å². The molecule has 7 heteroatoms. The minimum absolute atomic E-state index is 0.0366. The number of hydrogen-bond acceptors (Lipinski definition) is 5. The highest BCUT2D eigenvalue weighted by Crippen LogP contribution is 2.21. The van der Waals surface area contributed by atoms with Gasteiger partial charge in [-0.25, -0.2) is 4.98 Å². The van der Waals surface area contributed by atoms with Gasteiger partial charge in [0.2, 0.25) is 17.7 Å². The van der Waals surface area contributed by atoms with Gasteiger partial charge in [0.05, 0.1) is 25.8 Å². The van der Waals surface area contributed by atoms with Gasteiger partial charge in [-0.15, -0.1) is 0 Å². The fourth-order valence-corrected chi connectivity index (χ4v) is 2.76. The second-order valence-corrected chi connectivity index (χ2v) is 5.64. The number of ether oxygens (including phenoxy) is 1. The summed E-state index contributed by atoms with van der Waals surface area (Å²) < 4.78 is 10.4. The molecule has 3 rings (SSSR count). The normalized spacial score (nSPS) is 17.1. The molecule has 0 radical (unpaired) electrons. The maximum Gasteiger partial charge on any atom is 0.225 e. The standard InChI is InChI=1S/C17H19N3O4/c1-23-17-12(4-2-6-18-17)9-19-16(22)13-8-15(21)20(10-13)11-14-5-3-7-24-14/h2-7,13H,8-11H2,1H3,(H,19,22). The number of nitrogens with zero attached hydrogens (tertiary/aromatic N) is 2. The van der Waals surface area contributed by atoms with Crippen molar-refractivity contribution in [3.63, 3.8) is 0 Å².